The molecule has 0 bridgehead atoms. The van der Waals surface area contributed by atoms with Gasteiger partial charge >= 0.3 is 0 Å². The van der Waals surface area contributed by atoms with E-state index in [-0.39, 0.29) is 33.9 Å². The summed E-state index contributed by atoms with van der Waals surface area (Å²) in [7, 11) is -3.69. The van der Waals surface area contributed by atoms with Crippen molar-refractivity contribution in [3.63, 3.8) is 0 Å². The summed E-state index contributed by atoms with van der Waals surface area (Å²) in [6.45, 7) is 6.15. The molecule has 2 aromatic carbocycles. The lowest BCUT2D eigenvalue weighted by Gasteiger charge is -2.23. The zero-order valence-corrected chi connectivity index (χ0v) is 17.4. The Bertz CT molecular complexity index is 1060. The number of carbonyl (C=O) groups excluding carboxylic acids is 2. The van der Waals surface area contributed by atoms with Crippen LogP contribution >= 0.6 is 11.6 Å². The first-order valence-electron chi connectivity index (χ1n) is 8.77. The van der Waals surface area contributed by atoms with Crippen LogP contribution in [0.15, 0.2) is 42.5 Å². The second-order valence-corrected chi connectivity index (χ2v) is 9.98. The number of sulfonamides is 1. The number of nitrogens with one attached hydrogen (secondary N) is 1. The van der Waals surface area contributed by atoms with Crippen molar-refractivity contribution in [2.75, 3.05) is 15.4 Å². The van der Waals surface area contributed by atoms with Crippen LogP contribution in [-0.4, -0.2) is 26.0 Å². The Labute approximate surface area is 169 Å². The van der Waals surface area contributed by atoms with Gasteiger partial charge in [-0.05, 0) is 35.2 Å². The average molecular weight is 421 g/mol. The van der Waals surface area contributed by atoms with E-state index < -0.39 is 21.8 Å². The lowest BCUT2D eigenvalue weighted by Crippen LogP contribution is -2.29. The highest BCUT2D eigenvalue weighted by molar-refractivity contribution is 7.94. The predicted octanol–water partition coefficient (Wildman–Crippen LogP) is 3.96. The molecule has 0 aliphatic carbocycles. The van der Waals surface area contributed by atoms with E-state index in [1.807, 2.05) is 45.0 Å². The van der Waals surface area contributed by atoms with E-state index in [9.17, 15) is 18.0 Å². The summed E-state index contributed by atoms with van der Waals surface area (Å²) in [6.07, 6.45) is -0.0637. The summed E-state index contributed by atoms with van der Waals surface area (Å²) in [5, 5.41) is 2.93. The van der Waals surface area contributed by atoms with Gasteiger partial charge in [-0.3, -0.25) is 9.59 Å². The van der Waals surface area contributed by atoms with E-state index >= 15 is 0 Å². The molecule has 1 heterocycles. The molecule has 8 heteroatoms. The minimum Gasteiger partial charge on any atom is -0.322 e. The van der Waals surface area contributed by atoms with Crippen molar-refractivity contribution in [3.05, 3.63) is 58.6 Å². The van der Waals surface area contributed by atoms with E-state index in [4.69, 9.17) is 11.6 Å². The Morgan fingerprint density at radius 3 is 2.39 bits per heavy atom. The van der Waals surface area contributed by atoms with E-state index in [1.54, 1.807) is 0 Å². The zero-order valence-electron chi connectivity index (χ0n) is 15.8. The van der Waals surface area contributed by atoms with Gasteiger partial charge in [0.25, 0.3) is 5.91 Å². The van der Waals surface area contributed by atoms with E-state index in [1.165, 1.54) is 18.2 Å². The van der Waals surface area contributed by atoms with Gasteiger partial charge in [-0.15, -0.1) is 0 Å². The second kappa shape index (κ2) is 7.22. The first kappa shape index (κ1) is 20.4. The molecule has 0 radical (unpaired) electrons. The van der Waals surface area contributed by atoms with E-state index in [0.717, 1.165) is 9.87 Å². The normalized spacial score (nSPS) is 16.3. The Morgan fingerprint density at radius 1 is 1.14 bits per heavy atom. The lowest BCUT2D eigenvalue weighted by atomic mass is 9.86. The largest absolute Gasteiger partial charge is 0.322 e. The molecule has 148 valence electrons. The summed E-state index contributed by atoms with van der Waals surface area (Å²) in [6, 6.07) is 11.7. The highest BCUT2D eigenvalue weighted by Crippen LogP contribution is 2.32. The average Bonchev–Trinajstić information content (AvgIpc) is 2.87. The fraction of sp³-hybridized carbons (Fsp3) is 0.300. The summed E-state index contributed by atoms with van der Waals surface area (Å²) < 4.78 is 24.9. The standard InChI is InChI=1S/C20H21ClN2O4S/c1-20(2,3)15-6-4-5-7-17(15)22-19(25)14-9-8-13(12-16(14)21)23-18(24)10-11-28(23,26)27/h4-9,12H,10-11H2,1-3H3,(H,22,25). The van der Waals surface area contributed by atoms with E-state index in [2.05, 4.69) is 5.32 Å². The molecule has 2 amide bonds. The molecular weight excluding hydrogens is 400 g/mol. The number of carbonyl (C=O) groups is 2. The Morgan fingerprint density at radius 2 is 1.82 bits per heavy atom. The molecule has 2 aromatic rings. The number of para-hydroxylation sites is 1. The van der Waals surface area contributed by atoms with Crippen molar-refractivity contribution in [1.29, 1.82) is 0 Å². The number of halogens is 1. The molecule has 1 aliphatic heterocycles. The Kier molecular flexibility index (Phi) is 5.25. The van der Waals surface area contributed by atoms with Gasteiger partial charge in [-0.1, -0.05) is 50.6 Å². The summed E-state index contributed by atoms with van der Waals surface area (Å²) in [5.74, 6) is -1.15. The maximum atomic E-state index is 12.7. The third kappa shape index (κ3) is 3.91. The molecule has 28 heavy (non-hydrogen) atoms. The molecule has 3 rings (SSSR count). The van der Waals surface area contributed by atoms with Crippen LogP contribution in [0.5, 0.6) is 0 Å². The van der Waals surface area contributed by atoms with Crippen LogP contribution in [-0.2, 0) is 20.2 Å². The minimum absolute atomic E-state index is 0.0637. The Hall–Kier alpha value is -2.38. The number of rotatable bonds is 3. The smallest absolute Gasteiger partial charge is 0.257 e. The van der Waals surface area contributed by atoms with Crippen LogP contribution in [0.4, 0.5) is 11.4 Å². The summed E-state index contributed by atoms with van der Waals surface area (Å²) >= 11 is 6.25. The first-order chi connectivity index (χ1) is 13.0. The molecule has 0 unspecified atom stereocenters. The number of hydrogen-bond acceptors (Lipinski definition) is 4. The number of anilines is 2. The fourth-order valence-corrected chi connectivity index (χ4v) is 4.83. The second-order valence-electron chi connectivity index (χ2n) is 7.64. The fourth-order valence-electron chi connectivity index (χ4n) is 3.12. The van der Waals surface area contributed by atoms with Crippen LogP contribution in [0, 0.1) is 0 Å². The first-order valence-corrected chi connectivity index (χ1v) is 10.8. The molecule has 1 N–H and O–H groups in total. The summed E-state index contributed by atoms with van der Waals surface area (Å²) in [4.78, 5) is 24.7. The molecule has 0 aromatic heterocycles. The van der Waals surface area contributed by atoms with Crippen molar-refractivity contribution >= 4 is 44.8 Å². The highest BCUT2D eigenvalue weighted by Gasteiger charge is 2.36. The van der Waals surface area contributed by atoms with Crippen LogP contribution < -0.4 is 9.62 Å². The van der Waals surface area contributed by atoms with Gasteiger partial charge in [-0.25, -0.2) is 12.7 Å². The van der Waals surface area contributed by atoms with Gasteiger partial charge in [0.2, 0.25) is 15.9 Å². The molecule has 1 fully saturated rings. The number of amides is 2. The number of hydrogen-bond donors (Lipinski definition) is 1. The maximum absolute atomic E-state index is 12.7. The SMILES string of the molecule is CC(C)(C)c1ccccc1NC(=O)c1ccc(N2C(=O)CCS2(=O)=O)cc1Cl. The van der Waals surface area contributed by atoms with Crippen molar-refractivity contribution in [1.82, 2.24) is 0 Å². The molecule has 1 aliphatic rings. The number of benzene rings is 2. The van der Waals surface area contributed by atoms with E-state index in [0.29, 0.717) is 5.69 Å². The molecule has 0 atom stereocenters. The summed E-state index contributed by atoms with van der Waals surface area (Å²) in [5.41, 5.74) is 1.82. The van der Waals surface area contributed by atoms with Gasteiger partial charge in [0.15, 0.2) is 0 Å². The van der Waals surface area contributed by atoms with Crippen molar-refractivity contribution in [3.8, 4) is 0 Å². The van der Waals surface area contributed by atoms with Crippen molar-refractivity contribution in [2.24, 2.45) is 0 Å². The Balaban J connectivity index is 1.90. The zero-order chi connectivity index (χ0) is 20.7. The minimum atomic E-state index is -3.69. The topological polar surface area (TPSA) is 83.6 Å². The van der Waals surface area contributed by atoms with Gasteiger partial charge in [0.05, 0.1) is 22.0 Å². The van der Waals surface area contributed by atoms with Crippen molar-refractivity contribution in [2.45, 2.75) is 32.6 Å². The quantitative estimate of drug-likeness (QED) is 0.814. The molecule has 1 saturated heterocycles. The van der Waals surface area contributed by atoms with Gasteiger partial charge in [0.1, 0.15) is 0 Å². The monoisotopic (exact) mass is 420 g/mol. The van der Waals surface area contributed by atoms with Crippen LogP contribution in [0.2, 0.25) is 5.02 Å². The van der Waals surface area contributed by atoms with Gasteiger partial charge in [0, 0.05) is 12.1 Å². The van der Waals surface area contributed by atoms with Crippen molar-refractivity contribution < 1.29 is 18.0 Å². The highest BCUT2D eigenvalue weighted by atomic mass is 35.5. The van der Waals surface area contributed by atoms with Crippen LogP contribution in [0.3, 0.4) is 0 Å². The third-order valence-electron chi connectivity index (χ3n) is 4.49. The number of nitrogens with zero attached hydrogens (tertiary/aromatic N) is 1. The van der Waals surface area contributed by atoms with Gasteiger partial charge in [-0.2, -0.15) is 0 Å². The maximum Gasteiger partial charge on any atom is 0.257 e. The molecular formula is C20H21ClN2O4S. The lowest BCUT2D eigenvalue weighted by molar-refractivity contribution is -0.116. The molecule has 6 nitrogen and oxygen atoms in total. The molecule has 0 saturated carbocycles. The van der Waals surface area contributed by atoms with Crippen LogP contribution in [0.25, 0.3) is 0 Å². The predicted molar refractivity (Wildman–Crippen MR) is 110 cm³/mol. The molecule has 0 spiro atoms. The third-order valence-corrected chi connectivity index (χ3v) is 6.50. The van der Waals surface area contributed by atoms with Gasteiger partial charge < -0.3 is 5.32 Å². The van der Waals surface area contributed by atoms with Crippen LogP contribution in [0.1, 0.15) is 43.1 Å².